The van der Waals surface area contributed by atoms with Gasteiger partial charge in [0.1, 0.15) is 0 Å². The molecule has 0 aromatic heterocycles. The summed E-state index contributed by atoms with van der Waals surface area (Å²) < 4.78 is 27.5. The summed E-state index contributed by atoms with van der Waals surface area (Å²) in [6.45, 7) is 7.91. The molecule has 0 fully saturated rings. The highest BCUT2D eigenvalue weighted by Crippen LogP contribution is 2.39. The van der Waals surface area contributed by atoms with Crippen LogP contribution in [0.3, 0.4) is 0 Å². The second-order valence-electron chi connectivity index (χ2n) is 5.62. The highest BCUT2D eigenvalue weighted by molar-refractivity contribution is 8.00. The molecule has 0 bridgehead atoms. The van der Waals surface area contributed by atoms with Gasteiger partial charge in [0.2, 0.25) is 15.9 Å². The van der Waals surface area contributed by atoms with Gasteiger partial charge in [-0.1, -0.05) is 13.8 Å². The zero-order valence-electron chi connectivity index (χ0n) is 13.3. The molecule has 0 unspecified atom stereocenters. The molecule has 0 spiro atoms. The minimum absolute atomic E-state index is 0.0715. The standard InChI is InChI=1S/C15H22N2O3S2/c1-5-10(2)16-22(19,20)13-6-7-15-14(8-13)17(12(4)18)9-11(3)21-15/h6-8,10-11,16H,5,9H2,1-4H3/t10-,11+/m1/s1. The second kappa shape index (κ2) is 6.60. The first kappa shape index (κ1) is 17.3. The quantitative estimate of drug-likeness (QED) is 0.913. The van der Waals surface area contributed by atoms with Gasteiger partial charge in [-0.25, -0.2) is 13.1 Å². The Morgan fingerprint density at radius 2 is 2.18 bits per heavy atom. The summed E-state index contributed by atoms with van der Waals surface area (Å²) >= 11 is 1.66. The van der Waals surface area contributed by atoms with Gasteiger partial charge in [-0.2, -0.15) is 0 Å². The third-order valence-corrected chi connectivity index (χ3v) is 6.39. The number of anilines is 1. The van der Waals surface area contributed by atoms with Crippen LogP contribution in [-0.2, 0) is 14.8 Å². The van der Waals surface area contributed by atoms with Crippen molar-refractivity contribution in [2.24, 2.45) is 0 Å². The van der Waals surface area contributed by atoms with Crippen LogP contribution >= 0.6 is 11.8 Å². The van der Waals surface area contributed by atoms with E-state index in [2.05, 4.69) is 11.6 Å². The summed E-state index contributed by atoms with van der Waals surface area (Å²) in [5.74, 6) is -0.0715. The van der Waals surface area contributed by atoms with Gasteiger partial charge < -0.3 is 4.90 Å². The molecule has 1 aromatic rings. The van der Waals surface area contributed by atoms with E-state index in [4.69, 9.17) is 0 Å². The summed E-state index contributed by atoms with van der Waals surface area (Å²) in [4.78, 5) is 14.6. The number of nitrogens with one attached hydrogen (secondary N) is 1. The van der Waals surface area contributed by atoms with Crippen molar-refractivity contribution in [3.63, 3.8) is 0 Å². The minimum atomic E-state index is -3.56. The molecule has 1 N–H and O–H groups in total. The molecule has 1 aromatic carbocycles. The van der Waals surface area contributed by atoms with E-state index in [1.54, 1.807) is 34.9 Å². The lowest BCUT2D eigenvalue weighted by molar-refractivity contribution is -0.116. The lowest BCUT2D eigenvalue weighted by Gasteiger charge is -2.32. The molecule has 5 nitrogen and oxygen atoms in total. The first-order valence-electron chi connectivity index (χ1n) is 7.35. The van der Waals surface area contributed by atoms with Gasteiger partial charge in [0.15, 0.2) is 0 Å². The van der Waals surface area contributed by atoms with Gasteiger partial charge in [-0.05, 0) is 31.5 Å². The third-order valence-electron chi connectivity index (χ3n) is 3.65. The fourth-order valence-corrected chi connectivity index (χ4v) is 4.74. The predicted molar refractivity (Wildman–Crippen MR) is 89.9 cm³/mol. The van der Waals surface area contributed by atoms with Crippen LogP contribution in [0.15, 0.2) is 28.0 Å². The van der Waals surface area contributed by atoms with Crippen LogP contribution in [0.5, 0.6) is 0 Å². The Kier molecular flexibility index (Phi) is 5.19. The Labute approximate surface area is 136 Å². The van der Waals surface area contributed by atoms with Crippen molar-refractivity contribution in [1.82, 2.24) is 4.72 Å². The van der Waals surface area contributed by atoms with Crippen LogP contribution in [0, 0.1) is 0 Å². The first-order chi connectivity index (χ1) is 10.2. The molecule has 1 heterocycles. The van der Waals surface area contributed by atoms with E-state index in [-0.39, 0.29) is 22.1 Å². The Morgan fingerprint density at radius 3 is 2.77 bits per heavy atom. The molecule has 2 atom stereocenters. The number of amides is 1. The highest BCUT2D eigenvalue weighted by Gasteiger charge is 2.27. The summed E-state index contributed by atoms with van der Waals surface area (Å²) in [5, 5.41) is 0.289. The Hall–Kier alpha value is -1.05. The second-order valence-corrected chi connectivity index (χ2v) is 8.81. The summed E-state index contributed by atoms with van der Waals surface area (Å²) in [6, 6.07) is 4.86. The van der Waals surface area contributed by atoms with Gasteiger partial charge in [0.25, 0.3) is 0 Å². The molecular weight excluding hydrogens is 320 g/mol. The van der Waals surface area contributed by atoms with Crippen LogP contribution in [0.1, 0.15) is 34.1 Å². The lowest BCUT2D eigenvalue weighted by atomic mass is 10.2. The van der Waals surface area contributed by atoms with Gasteiger partial charge in [0, 0.05) is 29.7 Å². The molecule has 2 rings (SSSR count). The van der Waals surface area contributed by atoms with Crippen molar-refractivity contribution in [3.05, 3.63) is 18.2 Å². The van der Waals surface area contributed by atoms with Crippen molar-refractivity contribution >= 4 is 33.4 Å². The van der Waals surface area contributed by atoms with Gasteiger partial charge >= 0.3 is 0 Å². The average Bonchev–Trinajstić information content (AvgIpc) is 2.45. The van der Waals surface area contributed by atoms with Crippen molar-refractivity contribution in [2.75, 3.05) is 11.4 Å². The van der Waals surface area contributed by atoms with E-state index in [9.17, 15) is 13.2 Å². The molecule has 0 radical (unpaired) electrons. The monoisotopic (exact) mass is 342 g/mol. The van der Waals surface area contributed by atoms with Gasteiger partial charge in [-0.3, -0.25) is 4.79 Å². The summed E-state index contributed by atoms with van der Waals surface area (Å²) in [7, 11) is -3.56. The minimum Gasteiger partial charge on any atom is -0.310 e. The number of thioether (sulfide) groups is 1. The van der Waals surface area contributed by atoms with Gasteiger partial charge in [0.05, 0.1) is 10.6 Å². The maximum atomic E-state index is 12.4. The number of nitrogens with zero attached hydrogens (tertiary/aromatic N) is 1. The summed E-state index contributed by atoms with van der Waals surface area (Å²) in [5.41, 5.74) is 0.683. The number of carbonyl (C=O) groups is 1. The van der Waals surface area contributed by atoms with E-state index >= 15 is 0 Å². The van der Waals surface area contributed by atoms with E-state index in [0.717, 1.165) is 11.3 Å². The zero-order chi connectivity index (χ0) is 16.5. The predicted octanol–water partition coefficient (Wildman–Crippen LogP) is 2.61. The Morgan fingerprint density at radius 1 is 1.50 bits per heavy atom. The fraction of sp³-hybridized carbons (Fsp3) is 0.533. The SMILES string of the molecule is CC[C@@H](C)NS(=O)(=O)c1ccc2c(c1)N(C(C)=O)C[C@H](C)S2. The lowest BCUT2D eigenvalue weighted by Crippen LogP contribution is -2.37. The maximum absolute atomic E-state index is 12.4. The van der Waals surface area contributed by atoms with Crippen LogP contribution in [0.4, 0.5) is 5.69 Å². The van der Waals surface area contributed by atoms with E-state index in [1.165, 1.54) is 6.92 Å². The van der Waals surface area contributed by atoms with Crippen LogP contribution in [-0.4, -0.2) is 32.2 Å². The average molecular weight is 342 g/mol. The van der Waals surface area contributed by atoms with Crippen molar-refractivity contribution in [3.8, 4) is 0 Å². The molecule has 122 valence electrons. The molecular formula is C15H22N2O3S2. The molecule has 1 aliphatic rings. The first-order valence-corrected chi connectivity index (χ1v) is 9.72. The van der Waals surface area contributed by atoms with Gasteiger partial charge in [-0.15, -0.1) is 11.8 Å². The zero-order valence-corrected chi connectivity index (χ0v) is 14.9. The largest absolute Gasteiger partial charge is 0.310 e. The Balaban J connectivity index is 2.42. The topological polar surface area (TPSA) is 66.5 Å². The van der Waals surface area contributed by atoms with Crippen molar-refractivity contribution < 1.29 is 13.2 Å². The fourth-order valence-electron chi connectivity index (χ4n) is 2.30. The maximum Gasteiger partial charge on any atom is 0.240 e. The van der Waals surface area contributed by atoms with E-state index in [1.807, 2.05) is 13.8 Å². The molecule has 22 heavy (non-hydrogen) atoms. The normalized spacial score (nSPS) is 19.6. The highest BCUT2D eigenvalue weighted by atomic mass is 32.2. The molecule has 0 aliphatic carbocycles. The number of hydrogen-bond acceptors (Lipinski definition) is 4. The van der Waals surface area contributed by atoms with Crippen LogP contribution < -0.4 is 9.62 Å². The number of carbonyl (C=O) groups excluding carboxylic acids is 1. The van der Waals surface area contributed by atoms with Crippen LogP contribution in [0.25, 0.3) is 0 Å². The number of hydrogen-bond donors (Lipinski definition) is 1. The molecule has 1 amide bonds. The molecule has 7 heteroatoms. The number of benzene rings is 1. The smallest absolute Gasteiger partial charge is 0.240 e. The third kappa shape index (κ3) is 3.64. The van der Waals surface area contributed by atoms with E-state index < -0.39 is 10.0 Å². The summed E-state index contributed by atoms with van der Waals surface area (Å²) in [6.07, 6.45) is 0.719. The molecule has 0 saturated carbocycles. The van der Waals surface area contributed by atoms with Crippen LogP contribution in [0.2, 0.25) is 0 Å². The Bertz CT molecular complexity index is 673. The molecule has 0 saturated heterocycles. The number of rotatable bonds is 4. The number of fused-ring (bicyclic) bond motifs is 1. The number of sulfonamides is 1. The molecule has 1 aliphatic heterocycles. The van der Waals surface area contributed by atoms with Crippen molar-refractivity contribution in [2.45, 2.75) is 55.2 Å². The van der Waals surface area contributed by atoms with Crippen molar-refractivity contribution in [1.29, 1.82) is 0 Å². The van der Waals surface area contributed by atoms with E-state index in [0.29, 0.717) is 12.2 Å².